The first kappa shape index (κ1) is 30.1. The van der Waals surface area contributed by atoms with E-state index in [0.717, 1.165) is 17.7 Å². The van der Waals surface area contributed by atoms with E-state index in [4.69, 9.17) is 9.16 Å². The molecule has 0 fully saturated rings. The zero-order chi connectivity index (χ0) is 27.5. The number of imidazole rings is 1. The van der Waals surface area contributed by atoms with Gasteiger partial charge < -0.3 is 14.5 Å². The first-order chi connectivity index (χ1) is 16.3. The maximum atomic E-state index is 12.6. The fourth-order valence-corrected chi connectivity index (χ4v) is 4.91. The molecule has 0 unspecified atom stereocenters. The molecule has 0 saturated carbocycles. The summed E-state index contributed by atoms with van der Waals surface area (Å²) in [7, 11) is 0.225. The van der Waals surface area contributed by atoms with Gasteiger partial charge in [-0.1, -0.05) is 45.0 Å². The molecule has 0 bridgehead atoms. The van der Waals surface area contributed by atoms with Crippen molar-refractivity contribution >= 4 is 14.4 Å². The SMILES string of the molecule is C[n+]1cc(-c2ccc(C[C@@H](CCO[Si](C)(C)C(C)(C)C)NC(=O)OC(C)(C)C)cc2)[nH]c1C(C)(C)C. The van der Waals surface area contributed by atoms with E-state index in [0.29, 0.717) is 13.0 Å². The van der Waals surface area contributed by atoms with E-state index in [1.54, 1.807) is 0 Å². The lowest BCUT2D eigenvalue weighted by Gasteiger charge is -2.36. The molecular formula is C29H50N3O3Si+. The standard InChI is InChI=1S/C29H49N3O3Si/c1-27(2,3)25-31-24(20-32(25)10)22-15-13-21(14-16-22)19-23(30-26(33)35-28(4,5)6)17-18-34-36(11,12)29(7,8)9/h13-16,20,23H,17-19H2,1-12H3,(H,30,33)/p+1/t23-/m1/s1. The first-order valence-corrected chi connectivity index (χ1v) is 16.0. The Morgan fingerprint density at radius 2 is 1.61 bits per heavy atom. The third-order valence-corrected chi connectivity index (χ3v) is 11.4. The van der Waals surface area contributed by atoms with Gasteiger partial charge in [0.1, 0.15) is 11.8 Å². The second-order valence-corrected chi connectivity index (χ2v) is 18.3. The van der Waals surface area contributed by atoms with Crippen LogP contribution in [-0.4, -0.2) is 37.6 Å². The fourth-order valence-electron chi connectivity index (χ4n) is 3.85. The quantitative estimate of drug-likeness (QED) is 0.305. The number of nitrogens with one attached hydrogen (secondary N) is 2. The number of nitrogens with zero attached hydrogens (tertiary/aromatic N) is 1. The monoisotopic (exact) mass is 516 g/mol. The summed E-state index contributed by atoms with van der Waals surface area (Å²) in [6.07, 6.45) is 3.20. The molecule has 1 amide bonds. The Hall–Kier alpha value is -2.12. The Morgan fingerprint density at radius 1 is 1.03 bits per heavy atom. The zero-order valence-electron chi connectivity index (χ0n) is 24.8. The van der Waals surface area contributed by atoms with E-state index < -0.39 is 13.9 Å². The fraction of sp³-hybridized carbons (Fsp3) is 0.655. The Balaban J connectivity index is 2.15. The summed E-state index contributed by atoms with van der Waals surface area (Å²) in [5.74, 6) is 1.19. The maximum Gasteiger partial charge on any atom is 0.407 e. The zero-order valence-corrected chi connectivity index (χ0v) is 25.8. The Kier molecular flexibility index (Phi) is 9.28. The molecule has 2 N–H and O–H groups in total. The van der Waals surface area contributed by atoms with E-state index in [-0.39, 0.29) is 22.6 Å². The number of aromatic nitrogens is 2. The van der Waals surface area contributed by atoms with Crippen molar-refractivity contribution < 1.29 is 18.5 Å². The summed E-state index contributed by atoms with van der Waals surface area (Å²) in [6.45, 7) is 24.1. The highest BCUT2D eigenvalue weighted by atomic mass is 28.4. The highest BCUT2D eigenvalue weighted by Crippen LogP contribution is 2.36. The summed E-state index contributed by atoms with van der Waals surface area (Å²) < 4.78 is 14.1. The minimum atomic E-state index is -1.85. The van der Waals surface area contributed by atoms with Crippen LogP contribution in [0, 0.1) is 0 Å². The molecule has 2 rings (SSSR count). The molecule has 0 aliphatic heterocycles. The molecule has 0 aliphatic rings. The molecule has 1 heterocycles. The maximum absolute atomic E-state index is 12.6. The highest BCUT2D eigenvalue weighted by molar-refractivity contribution is 6.74. The smallest absolute Gasteiger partial charge is 0.407 e. The minimum absolute atomic E-state index is 0.0416. The Morgan fingerprint density at radius 3 is 2.08 bits per heavy atom. The van der Waals surface area contributed by atoms with Gasteiger partial charge in [-0.15, -0.1) is 0 Å². The number of aryl methyl sites for hydroxylation is 1. The van der Waals surface area contributed by atoms with Crippen LogP contribution in [0.3, 0.4) is 0 Å². The number of aromatic amines is 1. The van der Waals surface area contributed by atoms with Gasteiger partial charge in [0.15, 0.2) is 14.0 Å². The third kappa shape index (κ3) is 8.77. The van der Waals surface area contributed by atoms with Crippen molar-refractivity contribution in [3.63, 3.8) is 0 Å². The summed E-state index contributed by atoms with van der Waals surface area (Å²) in [5, 5.41) is 3.24. The van der Waals surface area contributed by atoms with Gasteiger partial charge in [-0.25, -0.2) is 14.3 Å². The second kappa shape index (κ2) is 11.1. The van der Waals surface area contributed by atoms with Crippen LogP contribution in [0.4, 0.5) is 4.79 Å². The number of carbonyl (C=O) groups excluding carboxylic acids is 1. The summed E-state index contributed by atoms with van der Waals surface area (Å²) in [6, 6.07) is 8.50. The van der Waals surface area contributed by atoms with Crippen molar-refractivity contribution in [2.24, 2.45) is 7.05 Å². The molecule has 0 spiro atoms. The number of rotatable bonds is 8. The van der Waals surface area contributed by atoms with E-state index in [9.17, 15) is 4.79 Å². The van der Waals surface area contributed by atoms with Crippen LogP contribution in [-0.2, 0) is 28.0 Å². The van der Waals surface area contributed by atoms with Crippen LogP contribution in [0.5, 0.6) is 0 Å². The third-order valence-electron chi connectivity index (χ3n) is 6.84. The molecule has 2 aromatic rings. The average Bonchev–Trinajstić information content (AvgIpc) is 3.08. The van der Waals surface area contributed by atoms with Crippen molar-refractivity contribution in [3.8, 4) is 11.3 Å². The molecule has 36 heavy (non-hydrogen) atoms. The van der Waals surface area contributed by atoms with Crippen LogP contribution in [0.25, 0.3) is 11.3 Å². The van der Waals surface area contributed by atoms with Crippen molar-refractivity contribution in [1.82, 2.24) is 10.3 Å². The molecule has 1 aromatic carbocycles. The van der Waals surface area contributed by atoms with E-state index in [1.165, 1.54) is 11.4 Å². The number of alkyl carbamates (subject to hydrolysis) is 1. The topological polar surface area (TPSA) is 67.2 Å². The molecule has 7 heteroatoms. The van der Waals surface area contributed by atoms with Gasteiger partial charge in [-0.05, 0) is 78.1 Å². The lowest BCUT2D eigenvalue weighted by atomic mass is 9.96. The lowest BCUT2D eigenvalue weighted by molar-refractivity contribution is -0.681. The average molecular weight is 517 g/mol. The molecule has 6 nitrogen and oxygen atoms in total. The normalized spacial score (nSPS) is 14.0. The highest BCUT2D eigenvalue weighted by Gasteiger charge is 2.37. The summed E-state index contributed by atoms with van der Waals surface area (Å²) in [5.41, 5.74) is 2.91. The molecule has 0 radical (unpaired) electrons. The van der Waals surface area contributed by atoms with Gasteiger partial charge in [0.2, 0.25) is 0 Å². The first-order valence-electron chi connectivity index (χ1n) is 13.1. The molecule has 0 aliphatic carbocycles. The molecular weight excluding hydrogens is 466 g/mol. The van der Waals surface area contributed by atoms with Gasteiger partial charge in [0.25, 0.3) is 5.82 Å². The van der Waals surface area contributed by atoms with Crippen LogP contribution in [0.2, 0.25) is 18.1 Å². The van der Waals surface area contributed by atoms with Gasteiger partial charge in [-0.2, -0.15) is 0 Å². The van der Waals surface area contributed by atoms with Crippen LogP contribution in [0.1, 0.15) is 80.1 Å². The van der Waals surface area contributed by atoms with Crippen molar-refractivity contribution in [1.29, 1.82) is 0 Å². The minimum Gasteiger partial charge on any atom is -0.444 e. The predicted octanol–water partition coefficient (Wildman–Crippen LogP) is 6.65. The number of ether oxygens (including phenoxy) is 1. The van der Waals surface area contributed by atoms with E-state index in [1.807, 2.05) is 20.8 Å². The number of carbonyl (C=O) groups is 1. The van der Waals surface area contributed by atoms with Gasteiger partial charge >= 0.3 is 6.09 Å². The summed E-state index contributed by atoms with van der Waals surface area (Å²) in [4.78, 5) is 16.1. The van der Waals surface area contributed by atoms with Crippen molar-refractivity contribution in [2.45, 2.75) is 110 Å². The number of hydrogen-bond donors (Lipinski definition) is 2. The number of amides is 1. The van der Waals surface area contributed by atoms with Crippen LogP contribution >= 0.6 is 0 Å². The van der Waals surface area contributed by atoms with Gasteiger partial charge in [0.05, 0.1) is 12.5 Å². The Bertz CT molecular complexity index is 1010. The number of hydrogen-bond acceptors (Lipinski definition) is 3. The van der Waals surface area contributed by atoms with E-state index in [2.05, 4.69) is 107 Å². The summed E-state index contributed by atoms with van der Waals surface area (Å²) >= 11 is 0. The van der Waals surface area contributed by atoms with Gasteiger partial charge in [0, 0.05) is 18.2 Å². The largest absolute Gasteiger partial charge is 0.444 e. The van der Waals surface area contributed by atoms with Gasteiger partial charge in [-0.3, -0.25) is 0 Å². The molecule has 202 valence electrons. The van der Waals surface area contributed by atoms with Crippen molar-refractivity contribution in [2.75, 3.05) is 6.61 Å². The van der Waals surface area contributed by atoms with Crippen LogP contribution < -0.4 is 9.88 Å². The molecule has 1 atom stereocenters. The van der Waals surface area contributed by atoms with Crippen LogP contribution in [0.15, 0.2) is 30.5 Å². The number of H-pyrrole nitrogens is 1. The Labute approximate surface area is 220 Å². The molecule has 1 aromatic heterocycles. The molecule has 0 saturated heterocycles. The lowest BCUT2D eigenvalue weighted by Crippen LogP contribution is -2.44. The second-order valence-electron chi connectivity index (χ2n) is 13.5. The van der Waals surface area contributed by atoms with Crippen molar-refractivity contribution in [3.05, 3.63) is 41.9 Å². The number of benzene rings is 1. The predicted molar refractivity (Wildman–Crippen MR) is 151 cm³/mol. The van der Waals surface area contributed by atoms with E-state index >= 15 is 0 Å².